The Balaban J connectivity index is 1.91. The molecule has 0 saturated heterocycles. The summed E-state index contributed by atoms with van der Waals surface area (Å²) in [5, 5.41) is 15.7. The molecule has 0 aliphatic heterocycles. The average molecular weight is 239 g/mol. The van der Waals surface area contributed by atoms with Gasteiger partial charge >= 0.3 is 0 Å². The summed E-state index contributed by atoms with van der Waals surface area (Å²) < 4.78 is 0. The van der Waals surface area contributed by atoms with E-state index in [2.05, 4.69) is 20.2 Å². The fourth-order valence-electron chi connectivity index (χ4n) is 1.40. The minimum atomic E-state index is 0.315. The zero-order valence-corrected chi connectivity index (χ0v) is 9.46. The van der Waals surface area contributed by atoms with Crippen LogP contribution in [0.4, 0.5) is 5.69 Å². The fraction of sp³-hybridized carbons (Fsp3) is 0.300. The number of imidazole rings is 1. The van der Waals surface area contributed by atoms with Crippen molar-refractivity contribution < 1.29 is 10.1 Å². The van der Waals surface area contributed by atoms with Crippen LogP contribution in [0, 0.1) is 0 Å². The van der Waals surface area contributed by atoms with Gasteiger partial charge in [0.1, 0.15) is 0 Å². The summed E-state index contributed by atoms with van der Waals surface area (Å²) in [5.74, 6) is 0. The summed E-state index contributed by atoms with van der Waals surface area (Å²) >= 11 is 1.63. The van der Waals surface area contributed by atoms with E-state index >= 15 is 0 Å². The second kappa shape index (κ2) is 5.64. The van der Waals surface area contributed by atoms with E-state index in [0.29, 0.717) is 19.6 Å². The zero-order chi connectivity index (χ0) is 11.2. The minimum absolute atomic E-state index is 0.315. The van der Waals surface area contributed by atoms with Crippen LogP contribution in [0.25, 0.3) is 0 Å². The van der Waals surface area contributed by atoms with Crippen LogP contribution in [0.5, 0.6) is 0 Å². The predicted octanol–water partition coefficient (Wildman–Crippen LogP) is 2.12. The van der Waals surface area contributed by atoms with Gasteiger partial charge in [-0.15, -0.1) is 11.3 Å². The van der Waals surface area contributed by atoms with E-state index in [4.69, 9.17) is 5.26 Å². The lowest BCUT2D eigenvalue weighted by atomic mass is 10.2. The summed E-state index contributed by atoms with van der Waals surface area (Å²) in [6.07, 6.45) is 4.15. The normalized spacial score (nSPS) is 10.6. The van der Waals surface area contributed by atoms with Crippen molar-refractivity contribution in [1.82, 2.24) is 9.97 Å². The quantitative estimate of drug-likeness (QED) is 0.533. The number of rotatable bonds is 6. The van der Waals surface area contributed by atoms with Gasteiger partial charge in [-0.05, 0) is 10.9 Å². The van der Waals surface area contributed by atoms with Crippen molar-refractivity contribution in [2.75, 3.05) is 11.9 Å². The first-order valence-corrected chi connectivity index (χ1v) is 5.87. The van der Waals surface area contributed by atoms with Crippen LogP contribution in [-0.2, 0) is 17.9 Å². The third-order valence-electron chi connectivity index (χ3n) is 2.23. The molecule has 5 nitrogen and oxygen atoms in total. The Kier molecular flexibility index (Phi) is 3.92. The lowest BCUT2D eigenvalue weighted by Crippen LogP contribution is -2.02. The van der Waals surface area contributed by atoms with Gasteiger partial charge in [0.2, 0.25) is 0 Å². The molecular formula is C10H13N3O2S. The molecule has 16 heavy (non-hydrogen) atoms. The Labute approximate surface area is 97.0 Å². The number of aromatic nitrogens is 2. The summed E-state index contributed by atoms with van der Waals surface area (Å²) in [7, 11) is 0. The van der Waals surface area contributed by atoms with E-state index in [0.717, 1.165) is 16.9 Å². The van der Waals surface area contributed by atoms with Crippen molar-refractivity contribution in [1.29, 1.82) is 0 Å². The maximum atomic E-state index is 8.31. The molecule has 2 aromatic rings. The number of anilines is 1. The molecule has 0 bridgehead atoms. The first kappa shape index (κ1) is 11.1. The van der Waals surface area contributed by atoms with Crippen LogP contribution in [0.15, 0.2) is 23.3 Å². The number of nitrogens with zero attached hydrogens (tertiary/aromatic N) is 1. The third-order valence-corrected chi connectivity index (χ3v) is 3.02. The molecular weight excluding hydrogens is 226 g/mol. The highest BCUT2D eigenvalue weighted by Gasteiger charge is 2.03. The second-order valence-corrected chi connectivity index (χ2v) is 4.07. The van der Waals surface area contributed by atoms with Gasteiger partial charge < -0.3 is 10.3 Å². The standard InChI is InChI=1S/C10H13N3O2S/c14-15-2-1-8-5-16-6-10(8)12-4-9-3-11-7-13-9/h3,5-7,12,14H,1-2,4H2,(H,11,13). The third kappa shape index (κ3) is 2.82. The van der Waals surface area contributed by atoms with Gasteiger partial charge in [0, 0.05) is 23.7 Å². The number of H-pyrrole nitrogens is 1. The predicted molar refractivity (Wildman–Crippen MR) is 62.5 cm³/mol. The van der Waals surface area contributed by atoms with Gasteiger partial charge in [0.05, 0.1) is 25.2 Å². The van der Waals surface area contributed by atoms with E-state index in [1.165, 1.54) is 0 Å². The van der Waals surface area contributed by atoms with E-state index in [1.807, 2.05) is 10.8 Å². The maximum absolute atomic E-state index is 8.31. The van der Waals surface area contributed by atoms with Gasteiger partial charge in [0.25, 0.3) is 0 Å². The van der Waals surface area contributed by atoms with Gasteiger partial charge in [-0.2, -0.15) is 0 Å². The number of nitrogens with one attached hydrogen (secondary N) is 2. The topological polar surface area (TPSA) is 70.2 Å². The smallest absolute Gasteiger partial charge is 0.0922 e. The maximum Gasteiger partial charge on any atom is 0.0922 e. The zero-order valence-electron chi connectivity index (χ0n) is 8.64. The first-order chi connectivity index (χ1) is 7.90. The second-order valence-electron chi connectivity index (χ2n) is 3.32. The molecule has 3 N–H and O–H groups in total. The summed E-state index contributed by atoms with van der Waals surface area (Å²) in [6.45, 7) is 1.03. The Hall–Kier alpha value is -1.37. The average Bonchev–Trinajstić information content (AvgIpc) is 2.94. The molecule has 0 saturated carbocycles. The molecule has 2 heterocycles. The van der Waals surface area contributed by atoms with E-state index in [1.54, 1.807) is 23.9 Å². The lowest BCUT2D eigenvalue weighted by molar-refractivity contribution is -0.241. The number of aromatic amines is 1. The van der Waals surface area contributed by atoms with Gasteiger partial charge in [-0.1, -0.05) is 0 Å². The van der Waals surface area contributed by atoms with Crippen LogP contribution in [-0.4, -0.2) is 21.8 Å². The fourth-order valence-corrected chi connectivity index (χ4v) is 2.25. The Morgan fingerprint density at radius 1 is 1.50 bits per heavy atom. The molecule has 0 unspecified atom stereocenters. The molecule has 0 spiro atoms. The van der Waals surface area contributed by atoms with Crippen molar-refractivity contribution in [3.8, 4) is 0 Å². The molecule has 0 aromatic carbocycles. The SMILES string of the molecule is OOCCc1cscc1NCc1cnc[nH]1. The van der Waals surface area contributed by atoms with Crippen molar-refractivity contribution in [3.05, 3.63) is 34.5 Å². The van der Waals surface area contributed by atoms with Crippen LogP contribution < -0.4 is 5.32 Å². The number of thiophene rings is 1. The molecule has 2 aromatic heterocycles. The van der Waals surface area contributed by atoms with Crippen molar-refractivity contribution in [2.24, 2.45) is 0 Å². The molecule has 0 fully saturated rings. The lowest BCUT2D eigenvalue weighted by Gasteiger charge is -2.05. The summed E-state index contributed by atoms with van der Waals surface area (Å²) in [4.78, 5) is 11.1. The van der Waals surface area contributed by atoms with E-state index in [-0.39, 0.29) is 0 Å². The molecule has 6 heteroatoms. The van der Waals surface area contributed by atoms with Crippen molar-refractivity contribution >= 4 is 17.0 Å². The summed E-state index contributed by atoms with van der Waals surface area (Å²) in [5.41, 5.74) is 3.27. The summed E-state index contributed by atoms with van der Waals surface area (Å²) in [6, 6.07) is 0. The van der Waals surface area contributed by atoms with Gasteiger partial charge in [-0.25, -0.2) is 9.87 Å². The first-order valence-electron chi connectivity index (χ1n) is 4.92. The Morgan fingerprint density at radius 2 is 2.44 bits per heavy atom. The molecule has 0 atom stereocenters. The number of hydrogen-bond donors (Lipinski definition) is 3. The highest BCUT2D eigenvalue weighted by atomic mass is 32.1. The van der Waals surface area contributed by atoms with Crippen molar-refractivity contribution in [2.45, 2.75) is 13.0 Å². The molecule has 0 amide bonds. The Morgan fingerprint density at radius 3 is 3.19 bits per heavy atom. The minimum Gasteiger partial charge on any atom is -0.379 e. The molecule has 0 aliphatic rings. The molecule has 0 aliphatic carbocycles. The largest absolute Gasteiger partial charge is 0.379 e. The Bertz CT molecular complexity index is 413. The van der Waals surface area contributed by atoms with Crippen LogP contribution in [0.2, 0.25) is 0 Å². The number of hydrogen-bond acceptors (Lipinski definition) is 5. The molecule has 86 valence electrons. The highest BCUT2D eigenvalue weighted by molar-refractivity contribution is 7.08. The van der Waals surface area contributed by atoms with E-state index < -0.39 is 0 Å². The van der Waals surface area contributed by atoms with Crippen molar-refractivity contribution in [3.63, 3.8) is 0 Å². The van der Waals surface area contributed by atoms with Gasteiger partial charge in [0.15, 0.2) is 0 Å². The van der Waals surface area contributed by atoms with Crippen LogP contribution in [0.3, 0.4) is 0 Å². The van der Waals surface area contributed by atoms with E-state index in [9.17, 15) is 0 Å². The molecule has 2 rings (SSSR count). The van der Waals surface area contributed by atoms with Crippen LogP contribution in [0.1, 0.15) is 11.3 Å². The van der Waals surface area contributed by atoms with Crippen LogP contribution >= 0.6 is 11.3 Å². The highest BCUT2D eigenvalue weighted by Crippen LogP contribution is 2.21. The van der Waals surface area contributed by atoms with Gasteiger partial charge in [-0.3, -0.25) is 5.26 Å². The molecule has 0 radical (unpaired) electrons. The monoisotopic (exact) mass is 239 g/mol.